The lowest BCUT2D eigenvalue weighted by atomic mass is 9.88. The van der Waals surface area contributed by atoms with Crippen LogP contribution in [-0.4, -0.2) is 5.91 Å². The molecule has 0 aliphatic heterocycles. The maximum absolute atomic E-state index is 12.3. The van der Waals surface area contributed by atoms with Crippen LogP contribution < -0.4 is 11.1 Å². The Bertz CT molecular complexity index is 468. The molecule has 2 bridgehead atoms. The Labute approximate surface area is 112 Å². The Hall–Kier alpha value is -1.22. The lowest BCUT2D eigenvalue weighted by molar-refractivity contribution is -0.121. The third kappa shape index (κ3) is 1.97. The number of amides is 1. The van der Waals surface area contributed by atoms with E-state index in [0.717, 1.165) is 12.3 Å². The van der Waals surface area contributed by atoms with Crippen LogP contribution in [0.4, 0.5) is 11.4 Å². The highest BCUT2D eigenvalue weighted by molar-refractivity contribution is 6.34. The van der Waals surface area contributed by atoms with Gasteiger partial charge in [-0.25, -0.2) is 0 Å². The summed E-state index contributed by atoms with van der Waals surface area (Å²) in [4.78, 5) is 12.3. The molecular weight excluding hydrogens is 248 g/mol. The summed E-state index contributed by atoms with van der Waals surface area (Å²) < 4.78 is 0. The first-order valence-corrected chi connectivity index (χ1v) is 6.88. The number of benzene rings is 1. The van der Waals surface area contributed by atoms with Crippen LogP contribution in [0.25, 0.3) is 0 Å². The number of nitrogens with two attached hydrogens (primary N) is 1. The summed E-state index contributed by atoms with van der Waals surface area (Å²) in [5, 5.41) is 3.42. The SMILES string of the molecule is Nc1cccc(Cl)c1NC(=O)C1CC2CCC1C2. The average Bonchev–Trinajstić information content (AvgIpc) is 2.96. The van der Waals surface area contributed by atoms with E-state index >= 15 is 0 Å². The summed E-state index contributed by atoms with van der Waals surface area (Å²) in [6.45, 7) is 0. The first-order chi connectivity index (χ1) is 8.65. The van der Waals surface area contributed by atoms with Crippen molar-refractivity contribution in [3.05, 3.63) is 23.2 Å². The van der Waals surface area contributed by atoms with Crippen molar-refractivity contribution in [2.75, 3.05) is 11.1 Å². The molecule has 2 aliphatic carbocycles. The summed E-state index contributed by atoms with van der Waals surface area (Å²) in [5.74, 6) is 1.56. The highest BCUT2D eigenvalue weighted by Crippen LogP contribution is 2.48. The molecule has 0 saturated heterocycles. The summed E-state index contributed by atoms with van der Waals surface area (Å²) in [5.41, 5.74) is 6.93. The standard InChI is InChI=1S/C14H17ClN2O/c15-11-2-1-3-12(16)13(11)17-14(18)10-7-8-4-5-9(10)6-8/h1-3,8-10H,4-7,16H2,(H,17,18). The van der Waals surface area contributed by atoms with E-state index in [1.807, 2.05) is 0 Å². The van der Waals surface area contributed by atoms with Crippen LogP contribution in [0.1, 0.15) is 25.7 Å². The van der Waals surface area contributed by atoms with Crippen molar-refractivity contribution in [2.24, 2.45) is 17.8 Å². The van der Waals surface area contributed by atoms with E-state index in [1.54, 1.807) is 18.2 Å². The van der Waals surface area contributed by atoms with E-state index in [2.05, 4.69) is 5.32 Å². The molecule has 3 rings (SSSR count). The molecule has 1 aromatic rings. The number of anilines is 2. The van der Waals surface area contributed by atoms with E-state index in [9.17, 15) is 4.79 Å². The molecule has 3 N–H and O–H groups in total. The van der Waals surface area contributed by atoms with Gasteiger partial charge in [-0.05, 0) is 43.2 Å². The summed E-state index contributed by atoms with van der Waals surface area (Å²) >= 11 is 6.06. The Morgan fingerprint density at radius 2 is 2.17 bits per heavy atom. The summed E-state index contributed by atoms with van der Waals surface area (Å²) in [6.07, 6.45) is 4.74. The highest BCUT2D eigenvalue weighted by Gasteiger charge is 2.43. The van der Waals surface area contributed by atoms with Crippen molar-refractivity contribution in [3.8, 4) is 0 Å². The molecule has 2 saturated carbocycles. The fraction of sp³-hybridized carbons (Fsp3) is 0.500. The second-order valence-corrected chi connectivity index (χ2v) is 5.88. The predicted molar refractivity (Wildman–Crippen MR) is 73.4 cm³/mol. The van der Waals surface area contributed by atoms with Crippen LogP contribution in [0.3, 0.4) is 0 Å². The molecule has 0 spiro atoms. The Balaban J connectivity index is 1.75. The van der Waals surface area contributed by atoms with Crippen molar-refractivity contribution in [3.63, 3.8) is 0 Å². The lowest BCUT2D eigenvalue weighted by Crippen LogP contribution is -2.27. The quantitative estimate of drug-likeness (QED) is 0.806. The Morgan fingerprint density at radius 3 is 2.78 bits per heavy atom. The van der Waals surface area contributed by atoms with E-state index in [1.165, 1.54) is 19.3 Å². The van der Waals surface area contributed by atoms with Crippen molar-refractivity contribution in [1.29, 1.82) is 0 Å². The molecule has 18 heavy (non-hydrogen) atoms. The smallest absolute Gasteiger partial charge is 0.227 e. The minimum Gasteiger partial charge on any atom is -0.397 e. The van der Waals surface area contributed by atoms with E-state index in [0.29, 0.717) is 22.3 Å². The number of nitrogen functional groups attached to an aromatic ring is 1. The summed E-state index contributed by atoms with van der Waals surface area (Å²) in [7, 11) is 0. The molecule has 2 aliphatic rings. The molecule has 0 radical (unpaired) electrons. The van der Waals surface area contributed by atoms with E-state index in [4.69, 9.17) is 17.3 Å². The molecule has 1 aromatic carbocycles. The first-order valence-electron chi connectivity index (χ1n) is 6.50. The second kappa shape index (κ2) is 4.47. The third-order valence-electron chi connectivity index (χ3n) is 4.37. The molecule has 2 fully saturated rings. The zero-order valence-corrected chi connectivity index (χ0v) is 10.9. The number of carbonyl (C=O) groups is 1. The number of para-hydroxylation sites is 1. The van der Waals surface area contributed by atoms with E-state index in [-0.39, 0.29) is 11.8 Å². The largest absolute Gasteiger partial charge is 0.397 e. The number of halogens is 1. The number of hydrogen-bond donors (Lipinski definition) is 2. The van der Waals surface area contributed by atoms with Crippen molar-refractivity contribution >= 4 is 28.9 Å². The van der Waals surface area contributed by atoms with Crippen LogP contribution in [0.15, 0.2) is 18.2 Å². The van der Waals surface area contributed by atoms with Crippen molar-refractivity contribution in [1.82, 2.24) is 0 Å². The lowest BCUT2D eigenvalue weighted by Gasteiger charge is -2.21. The number of carbonyl (C=O) groups excluding carboxylic acids is 1. The molecule has 96 valence electrons. The zero-order chi connectivity index (χ0) is 12.7. The fourth-order valence-electron chi connectivity index (χ4n) is 3.45. The molecule has 3 atom stereocenters. The molecule has 0 heterocycles. The number of nitrogens with one attached hydrogen (secondary N) is 1. The maximum atomic E-state index is 12.3. The molecule has 0 aromatic heterocycles. The van der Waals surface area contributed by atoms with Gasteiger partial charge in [0.15, 0.2) is 0 Å². The zero-order valence-electron chi connectivity index (χ0n) is 10.2. The molecular formula is C14H17ClN2O. The van der Waals surface area contributed by atoms with Gasteiger partial charge in [0.25, 0.3) is 0 Å². The Kier molecular flexibility index (Phi) is 2.94. The van der Waals surface area contributed by atoms with Gasteiger partial charge in [-0.15, -0.1) is 0 Å². The second-order valence-electron chi connectivity index (χ2n) is 5.47. The fourth-order valence-corrected chi connectivity index (χ4v) is 3.68. The van der Waals surface area contributed by atoms with Crippen molar-refractivity contribution < 1.29 is 4.79 Å². The van der Waals surface area contributed by atoms with Gasteiger partial charge in [0.05, 0.1) is 16.4 Å². The molecule has 3 unspecified atom stereocenters. The minimum absolute atomic E-state index is 0.0852. The van der Waals surface area contributed by atoms with Crippen LogP contribution in [0.2, 0.25) is 5.02 Å². The van der Waals surface area contributed by atoms with Gasteiger partial charge >= 0.3 is 0 Å². The minimum atomic E-state index is 0.0852. The summed E-state index contributed by atoms with van der Waals surface area (Å²) in [6, 6.07) is 5.28. The van der Waals surface area contributed by atoms with Crippen LogP contribution in [0, 0.1) is 17.8 Å². The van der Waals surface area contributed by atoms with Crippen LogP contribution in [0.5, 0.6) is 0 Å². The molecule has 3 nitrogen and oxygen atoms in total. The molecule has 4 heteroatoms. The number of rotatable bonds is 2. The van der Waals surface area contributed by atoms with Gasteiger partial charge in [0.1, 0.15) is 0 Å². The van der Waals surface area contributed by atoms with Crippen LogP contribution in [-0.2, 0) is 4.79 Å². The van der Waals surface area contributed by atoms with Crippen molar-refractivity contribution in [2.45, 2.75) is 25.7 Å². The Morgan fingerprint density at radius 1 is 1.33 bits per heavy atom. The van der Waals surface area contributed by atoms with E-state index < -0.39 is 0 Å². The molecule has 1 amide bonds. The first kappa shape index (κ1) is 11.8. The normalized spacial score (nSPS) is 29.5. The topological polar surface area (TPSA) is 55.1 Å². The van der Waals surface area contributed by atoms with Gasteiger partial charge in [-0.3, -0.25) is 4.79 Å². The van der Waals surface area contributed by atoms with Gasteiger partial charge in [-0.1, -0.05) is 24.1 Å². The number of hydrogen-bond acceptors (Lipinski definition) is 2. The monoisotopic (exact) mass is 264 g/mol. The predicted octanol–water partition coefficient (Wildman–Crippen LogP) is 3.30. The van der Waals surface area contributed by atoms with Crippen LogP contribution >= 0.6 is 11.6 Å². The number of fused-ring (bicyclic) bond motifs is 2. The van der Waals surface area contributed by atoms with Gasteiger partial charge < -0.3 is 11.1 Å². The maximum Gasteiger partial charge on any atom is 0.227 e. The van der Waals surface area contributed by atoms with Gasteiger partial charge in [-0.2, -0.15) is 0 Å². The van der Waals surface area contributed by atoms with Gasteiger partial charge in [0.2, 0.25) is 5.91 Å². The van der Waals surface area contributed by atoms with Gasteiger partial charge in [0, 0.05) is 5.92 Å². The highest BCUT2D eigenvalue weighted by atomic mass is 35.5. The average molecular weight is 265 g/mol. The third-order valence-corrected chi connectivity index (χ3v) is 4.68.